The zero-order chi connectivity index (χ0) is 28.8. The van der Waals surface area contributed by atoms with E-state index in [9.17, 15) is 19.2 Å². The third-order valence-corrected chi connectivity index (χ3v) is 6.54. The SMILES string of the molecule is CC(C)(C)OC(=O)C(CCC(=O)ON1C(=O)CCC1=O)NC(c1ccccc1)(c1ccccc1)c1ccccc1. The minimum Gasteiger partial charge on any atom is -0.459 e. The number of hydrogen-bond donors (Lipinski definition) is 1. The summed E-state index contributed by atoms with van der Waals surface area (Å²) in [5.41, 5.74) is 0.891. The summed E-state index contributed by atoms with van der Waals surface area (Å²) < 4.78 is 5.78. The van der Waals surface area contributed by atoms with Crippen LogP contribution in [0.25, 0.3) is 0 Å². The number of amides is 2. The van der Waals surface area contributed by atoms with Crippen molar-refractivity contribution in [1.29, 1.82) is 0 Å². The van der Waals surface area contributed by atoms with Crippen molar-refractivity contribution in [3.63, 3.8) is 0 Å². The predicted molar refractivity (Wildman–Crippen MR) is 148 cm³/mol. The van der Waals surface area contributed by atoms with Crippen LogP contribution >= 0.6 is 0 Å². The molecule has 8 heteroatoms. The lowest BCUT2D eigenvalue weighted by molar-refractivity contribution is -0.197. The van der Waals surface area contributed by atoms with Crippen molar-refractivity contribution in [3.8, 4) is 0 Å². The van der Waals surface area contributed by atoms with Crippen LogP contribution in [0, 0.1) is 0 Å². The first kappa shape index (κ1) is 28.7. The number of esters is 1. The number of nitrogens with zero attached hydrogens (tertiary/aromatic N) is 1. The summed E-state index contributed by atoms with van der Waals surface area (Å²) in [5.74, 6) is -2.45. The van der Waals surface area contributed by atoms with Crippen molar-refractivity contribution in [2.24, 2.45) is 0 Å². The number of hydroxylamine groups is 2. The Kier molecular flexibility index (Phi) is 8.80. The van der Waals surface area contributed by atoms with Crippen molar-refractivity contribution < 1.29 is 28.8 Å². The van der Waals surface area contributed by atoms with E-state index in [0.29, 0.717) is 5.06 Å². The fourth-order valence-corrected chi connectivity index (χ4v) is 4.77. The van der Waals surface area contributed by atoms with Crippen LogP contribution in [-0.2, 0) is 34.3 Å². The number of ether oxygens (including phenoxy) is 1. The molecule has 1 N–H and O–H groups in total. The summed E-state index contributed by atoms with van der Waals surface area (Å²) in [4.78, 5) is 55.3. The number of hydrogen-bond acceptors (Lipinski definition) is 7. The molecule has 3 aromatic carbocycles. The molecule has 0 saturated carbocycles. The first-order valence-electron chi connectivity index (χ1n) is 13.3. The van der Waals surface area contributed by atoms with Crippen LogP contribution in [0.3, 0.4) is 0 Å². The summed E-state index contributed by atoms with van der Waals surface area (Å²) in [5, 5.41) is 4.09. The standard InChI is InChI=1S/C32H34N2O6/c1-31(2,3)39-30(38)26(19-22-29(37)40-34-27(35)20-21-28(34)36)33-32(23-13-7-4-8-14-23,24-15-9-5-10-16-24)25-17-11-6-12-18-25/h4-18,26,33H,19-22H2,1-3H3. The van der Waals surface area contributed by atoms with Gasteiger partial charge >= 0.3 is 11.9 Å². The molecule has 1 unspecified atom stereocenters. The van der Waals surface area contributed by atoms with Gasteiger partial charge in [-0.2, -0.15) is 0 Å². The number of imide groups is 1. The quantitative estimate of drug-likeness (QED) is 0.226. The molecule has 2 amide bonds. The molecule has 1 heterocycles. The zero-order valence-corrected chi connectivity index (χ0v) is 23.0. The molecule has 4 rings (SSSR count). The Morgan fingerprint density at radius 3 is 1.60 bits per heavy atom. The van der Waals surface area contributed by atoms with Gasteiger partial charge in [-0.1, -0.05) is 91.0 Å². The highest BCUT2D eigenvalue weighted by Gasteiger charge is 2.41. The van der Waals surface area contributed by atoms with Gasteiger partial charge in [0.05, 0.1) is 12.0 Å². The normalized spacial score (nSPS) is 14.6. The molecule has 40 heavy (non-hydrogen) atoms. The van der Waals surface area contributed by atoms with E-state index in [0.717, 1.165) is 16.7 Å². The fourth-order valence-electron chi connectivity index (χ4n) is 4.77. The Morgan fingerprint density at radius 1 is 0.775 bits per heavy atom. The summed E-state index contributed by atoms with van der Waals surface area (Å²) in [6.45, 7) is 5.33. The van der Waals surface area contributed by atoms with E-state index in [1.54, 1.807) is 20.8 Å². The number of nitrogens with one attached hydrogen (secondary N) is 1. The average Bonchev–Trinajstić information content (AvgIpc) is 3.26. The molecule has 1 aliphatic rings. The highest BCUT2D eigenvalue weighted by Crippen LogP contribution is 2.38. The third-order valence-electron chi connectivity index (χ3n) is 6.54. The van der Waals surface area contributed by atoms with E-state index in [1.165, 1.54) is 0 Å². The van der Waals surface area contributed by atoms with Crippen LogP contribution in [-0.4, -0.2) is 40.5 Å². The van der Waals surface area contributed by atoms with Gasteiger partial charge in [-0.05, 0) is 43.9 Å². The molecule has 0 spiro atoms. The number of rotatable bonds is 10. The van der Waals surface area contributed by atoms with Gasteiger partial charge in [0.15, 0.2) is 0 Å². The topological polar surface area (TPSA) is 102 Å². The second-order valence-electron chi connectivity index (χ2n) is 10.7. The van der Waals surface area contributed by atoms with Crippen LogP contribution in [0.2, 0.25) is 0 Å². The van der Waals surface area contributed by atoms with Crippen LogP contribution in [0.15, 0.2) is 91.0 Å². The Balaban J connectivity index is 1.74. The molecule has 0 radical (unpaired) electrons. The number of carbonyl (C=O) groups is 4. The van der Waals surface area contributed by atoms with Crippen molar-refractivity contribution in [2.75, 3.05) is 0 Å². The van der Waals surface area contributed by atoms with Gasteiger partial charge in [0.2, 0.25) is 0 Å². The van der Waals surface area contributed by atoms with Crippen LogP contribution in [0.1, 0.15) is 63.1 Å². The largest absolute Gasteiger partial charge is 0.459 e. The predicted octanol–water partition coefficient (Wildman–Crippen LogP) is 4.67. The molecule has 1 atom stereocenters. The monoisotopic (exact) mass is 542 g/mol. The van der Waals surface area contributed by atoms with Gasteiger partial charge in [0, 0.05) is 12.8 Å². The third kappa shape index (κ3) is 6.63. The maximum absolute atomic E-state index is 13.6. The highest BCUT2D eigenvalue weighted by atomic mass is 16.7. The van der Waals surface area contributed by atoms with E-state index >= 15 is 0 Å². The second-order valence-corrected chi connectivity index (χ2v) is 10.7. The van der Waals surface area contributed by atoms with E-state index in [4.69, 9.17) is 9.57 Å². The lowest BCUT2D eigenvalue weighted by Crippen LogP contribution is -2.54. The van der Waals surface area contributed by atoms with Crippen LogP contribution in [0.5, 0.6) is 0 Å². The number of benzene rings is 3. The molecular formula is C32H34N2O6. The number of carbonyl (C=O) groups excluding carboxylic acids is 4. The van der Waals surface area contributed by atoms with Crippen molar-refractivity contribution in [1.82, 2.24) is 10.4 Å². The summed E-state index contributed by atoms with van der Waals surface area (Å²) in [6.07, 6.45) is -0.232. The summed E-state index contributed by atoms with van der Waals surface area (Å²) in [7, 11) is 0. The second kappa shape index (κ2) is 12.3. The minimum absolute atomic E-state index is 0.00177. The molecule has 1 saturated heterocycles. The van der Waals surface area contributed by atoms with E-state index in [1.807, 2.05) is 91.0 Å². The summed E-state index contributed by atoms with van der Waals surface area (Å²) in [6, 6.07) is 28.3. The molecule has 0 bridgehead atoms. The van der Waals surface area contributed by atoms with Gasteiger partial charge in [-0.3, -0.25) is 19.7 Å². The Morgan fingerprint density at radius 2 is 1.20 bits per heavy atom. The van der Waals surface area contributed by atoms with Gasteiger partial charge in [0.25, 0.3) is 11.8 Å². The molecule has 1 fully saturated rings. The van der Waals surface area contributed by atoms with Gasteiger partial charge < -0.3 is 9.57 Å². The lowest BCUT2D eigenvalue weighted by atomic mass is 9.76. The Hall–Kier alpha value is -4.30. The summed E-state index contributed by atoms with van der Waals surface area (Å²) >= 11 is 0. The fraction of sp³-hybridized carbons (Fsp3) is 0.312. The molecule has 208 valence electrons. The van der Waals surface area contributed by atoms with E-state index in [2.05, 4.69) is 5.32 Å². The first-order valence-corrected chi connectivity index (χ1v) is 13.3. The Bertz CT molecular complexity index is 1220. The Labute approximate surface area is 234 Å². The first-order chi connectivity index (χ1) is 19.1. The van der Waals surface area contributed by atoms with Crippen molar-refractivity contribution in [3.05, 3.63) is 108 Å². The maximum Gasteiger partial charge on any atom is 0.333 e. The van der Waals surface area contributed by atoms with E-state index in [-0.39, 0.29) is 25.7 Å². The minimum atomic E-state index is -0.990. The molecule has 1 aliphatic heterocycles. The van der Waals surface area contributed by atoms with E-state index < -0.39 is 40.9 Å². The van der Waals surface area contributed by atoms with Crippen molar-refractivity contribution >= 4 is 23.8 Å². The van der Waals surface area contributed by atoms with Crippen LogP contribution < -0.4 is 5.32 Å². The lowest BCUT2D eigenvalue weighted by Gasteiger charge is -2.40. The zero-order valence-electron chi connectivity index (χ0n) is 23.0. The van der Waals surface area contributed by atoms with Crippen molar-refractivity contribution in [2.45, 2.75) is 63.6 Å². The average molecular weight is 543 g/mol. The highest BCUT2D eigenvalue weighted by molar-refractivity contribution is 6.01. The molecule has 8 nitrogen and oxygen atoms in total. The molecule has 0 aliphatic carbocycles. The smallest absolute Gasteiger partial charge is 0.333 e. The maximum atomic E-state index is 13.6. The van der Waals surface area contributed by atoms with Gasteiger partial charge in [-0.25, -0.2) is 4.79 Å². The van der Waals surface area contributed by atoms with Gasteiger partial charge in [-0.15, -0.1) is 5.06 Å². The molecule has 3 aromatic rings. The van der Waals surface area contributed by atoms with Crippen LogP contribution in [0.4, 0.5) is 0 Å². The molecule has 0 aromatic heterocycles. The van der Waals surface area contributed by atoms with Gasteiger partial charge in [0.1, 0.15) is 11.6 Å². The molecular weight excluding hydrogens is 508 g/mol.